The van der Waals surface area contributed by atoms with Crippen molar-refractivity contribution in [2.45, 2.75) is 6.54 Å². The number of hydrogen-bond acceptors (Lipinski definition) is 4. The fourth-order valence-corrected chi connectivity index (χ4v) is 3.45. The monoisotopic (exact) mass is 493 g/mol. The van der Waals surface area contributed by atoms with Crippen LogP contribution in [0.4, 0.5) is 20.6 Å². The Hall–Kier alpha value is -4.37. The molecule has 0 spiro atoms. The number of carbonyl (C=O) groups is 2. The Balaban J connectivity index is 1.39. The molecule has 4 aromatic rings. The molecule has 0 fully saturated rings. The maximum atomic E-state index is 13.9. The summed E-state index contributed by atoms with van der Waals surface area (Å²) in [6.07, 6.45) is 3.10. The molecule has 0 saturated carbocycles. The van der Waals surface area contributed by atoms with Gasteiger partial charge in [0, 0.05) is 12.1 Å². The zero-order chi connectivity index (χ0) is 24.8. The van der Waals surface area contributed by atoms with Crippen LogP contribution in [0.15, 0.2) is 79.1 Å². The molecule has 1 heterocycles. The zero-order valence-electron chi connectivity index (χ0n) is 18.6. The largest absolute Gasteiger partial charge is 0.494 e. The minimum atomic E-state index is -0.495. The van der Waals surface area contributed by atoms with E-state index < -0.39 is 11.8 Å². The molecule has 10 heteroatoms. The molecule has 3 N–H and O–H groups in total. The number of rotatable bonds is 7. The summed E-state index contributed by atoms with van der Waals surface area (Å²) in [6, 6.07) is 17.7. The molecule has 0 saturated heterocycles. The Labute approximate surface area is 205 Å². The number of amides is 3. The number of halogens is 2. The van der Waals surface area contributed by atoms with Crippen LogP contribution in [0.5, 0.6) is 5.75 Å². The van der Waals surface area contributed by atoms with E-state index in [0.717, 1.165) is 0 Å². The molecule has 0 aliphatic rings. The average Bonchev–Trinajstić information content (AvgIpc) is 3.32. The summed E-state index contributed by atoms with van der Waals surface area (Å²) in [5.74, 6) is -0.681. The first-order valence-electron chi connectivity index (χ1n) is 10.5. The Morgan fingerprint density at radius 1 is 1.06 bits per heavy atom. The van der Waals surface area contributed by atoms with E-state index in [0.29, 0.717) is 33.2 Å². The molecule has 0 aliphatic carbocycles. The van der Waals surface area contributed by atoms with Crippen LogP contribution in [0.1, 0.15) is 15.9 Å². The lowest BCUT2D eigenvalue weighted by molar-refractivity contribution is 0.0950. The van der Waals surface area contributed by atoms with Crippen molar-refractivity contribution in [2.24, 2.45) is 0 Å². The van der Waals surface area contributed by atoms with Gasteiger partial charge in [-0.2, -0.15) is 5.10 Å². The van der Waals surface area contributed by atoms with Crippen LogP contribution in [-0.2, 0) is 6.54 Å². The van der Waals surface area contributed by atoms with Crippen molar-refractivity contribution in [2.75, 3.05) is 17.7 Å². The van der Waals surface area contributed by atoms with Gasteiger partial charge in [-0.25, -0.2) is 13.9 Å². The number of urea groups is 1. The highest BCUT2D eigenvalue weighted by atomic mass is 35.5. The first kappa shape index (κ1) is 23.8. The molecule has 3 aromatic carbocycles. The van der Waals surface area contributed by atoms with Crippen molar-refractivity contribution < 1.29 is 18.7 Å². The summed E-state index contributed by atoms with van der Waals surface area (Å²) in [7, 11) is 1.39. The van der Waals surface area contributed by atoms with E-state index in [2.05, 4.69) is 21.0 Å². The standard InChI is InChI=1S/C25H21ClFN5O3/c1-35-23-10-9-16(11-21(23)27)13-28-24(33)17-5-4-6-19(12-17)32-15-18(14-29-32)30-25(34)31-22-8-3-2-7-20(22)26/h2-12,14-15H,13H2,1H3,(H,28,33)(H2,30,31,34). The lowest BCUT2D eigenvalue weighted by atomic mass is 10.1. The number of methoxy groups -OCH3 is 1. The molecule has 8 nitrogen and oxygen atoms in total. The molecule has 4 rings (SSSR count). The normalized spacial score (nSPS) is 10.5. The van der Waals surface area contributed by atoms with Crippen LogP contribution in [-0.4, -0.2) is 28.8 Å². The van der Waals surface area contributed by atoms with E-state index in [1.54, 1.807) is 60.8 Å². The highest BCUT2D eigenvalue weighted by Crippen LogP contribution is 2.21. The summed E-state index contributed by atoms with van der Waals surface area (Å²) in [6.45, 7) is 0.153. The fourth-order valence-electron chi connectivity index (χ4n) is 3.27. The molecule has 0 unspecified atom stereocenters. The first-order chi connectivity index (χ1) is 16.9. The summed E-state index contributed by atoms with van der Waals surface area (Å²) >= 11 is 6.06. The third-order valence-electron chi connectivity index (χ3n) is 5.00. The number of ether oxygens (including phenoxy) is 1. The van der Waals surface area contributed by atoms with Gasteiger partial charge >= 0.3 is 6.03 Å². The van der Waals surface area contributed by atoms with Gasteiger partial charge in [0.15, 0.2) is 11.6 Å². The molecule has 3 amide bonds. The minimum Gasteiger partial charge on any atom is -0.494 e. The molecule has 35 heavy (non-hydrogen) atoms. The second-order valence-corrected chi connectivity index (χ2v) is 7.84. The van der Waals surface area contributed by atoms with E-state index in [-0.39, 0.29) is 18.2 Å². The Morgan fingerprint density at radius 3 is 2.66 bits per heavy atom. The van der Waals surface area contributed by atoms with Gasteiger partial charge in [-0.15, -0.1) is 0 Å². The summed E-state index contributed by atoms with van der Waals surface area (Å²) < 4.78 is 20.3. The van der Waals surface area contributed by atoms with Crippen molar-refractivity contribution in [3.8, 4) is 11.4 Å². The quantitative estimate of drug-likeness (QED) is 0.327. The first-order valence-corrected chi connectivity index (χ1v) is 10.9. The third kappa shape index (κ3) is 5.96. The molecular weight excluding hydrogens is 473 g/mol. The van der Waals surface area contributed by atoms with E-state index in [9.17, 15) is 14.0 Å². The molecule has 0 aliphatic heterocycles. The van der Waals surface area contributed by atoms with Crippen molar-refractivity contribution >= 4 is 34.9 Å². The molecule has 178 valence electrons. The van der Waals surface area contributed by atoms with Gasteiger partial charge in [-0.1, -0.05) is 35.9 Å². The number of para-hydroxylation sites is 1. The summed E-state index contributed by atoms with van der Waals surface area (Å²) in [4.78, 5) is 24.9. The van der Waals surface area contributed by atoms with E-state index in [4.69, 9.17) is 16.3 Å². The van der Waals surface area contributed by atoms with Gasteiger partial charge in [0.25, 0.3) is 5.91 Å². The zero-order valence-corrected chi connectivity index (χ0v) is 19.3. The summed E-state index contributed by atoms with van der Waals surface area (Å²) in [5.41, 5.74) is 2.55. The van der Waals surface area contributed by atoms with Gasteiger partial charge in [0.1, 0.15) is 0 Å². The highest BCUT2D eigenvalue weighted by molar-refractivity contribution is 6.33. The molecule has 0 bridgehead atoms. The molecular formula is C25H21ClFN5O3. The van der Waals surface area contributed by atoms with Crippen molar-refractivity contribution in [1.82, 2.24) is 15.1 Å². The predicted molar refractivity (Wildman–Crippen MR) is 132 cm³/mol. The average molecular weight is 494 g/mol. The number of carbonyl (C=O) groups excluding carboxylic acids is 2. The van der Waals surface area contributed by atoms with Crippen LogP contribution in [0.2, 0.25) is 5.02 Å². The van der Waals surface area contributed by atoms with Gasteiger partial charge in [-0.05, 0) is 48.0 Å². The SMILES string of the molecule is COc1ccc(CNC(=O)c2cccc(-n3cc(NC(=O)Nc4ccccc4Cl)cn3)c2)cc1F. The third-order valence-corrected chi connectivity index (χ3v) is 5.33. The molecule has 0 radical (unpaired) electrons. The van der Waals surface area contributed by atoms with E-state index in [1.807, 2.05) is 0 Å². The van der Waals surface area contributed by atoms with Crippen molar-refractivity contribution in [3.05, 3.63) is 101 Å². The second-order valence-electron chi connectivity index (χ2n) is 7.43. The van der Waals surface area contributed by atoms with Crippen LogP contribution in [0.25, 0.3) is 5.69 Å². The van der Waals surface area contributed by atoms with Gasteiger partial charge < -0.3 is 20.7 Å². The molecule has 0 atom stereocenters. The van der Waals surface area contributed by atoms with Gasteiger partial charge in [-0.3, -0.25) is 4.79 Å². The Morgan fingerprint density at radius 2 is 1.89 bits per heavy atom. The van der Waals surface area contributed by atoms with Crippen LogP contribution in [0, 0.1) is 5.82 Å². The summed E-state index contributed by atoms with van der Waals surface area (Å²) in [5, 5.41) is 12.8. The number of nitrogens with zero attached hydrogens (tertiary/aromatic N) is 2. The number of benzene rings is 3. The van der Waals surface area contributed by atoms with Crippen molar-refractivity contribution in [3.63, 3.8) is 0 Å². The maximum absolute atomic E-state index is 13.9. The fraction of sp³-hybridized carbons (Fsp3) is 0.0800. The molecule has 1 aromatic heterocycles. The number of nitrogens with one attached hydrogen (secondary N) is 3. The lowest BCUT2D eigenvalue weighted by Gasteiger charge is -2.09. The van der Waals surface area contributed by atoms with Crippen LogP contribution < -0.4 is 20.7 Å². The number of aromatic nitrogens is 2. The second kappa shape index (κ2) is 10.7. The van der Waals surface area contributed by atoms with Gasteiger partial charge in [0.2, 0.25) is 0 Å². The Bertz CT molecular complexity index is 1370. The Kier molecular flexibility index (Phi) is 7.27. The highest BCUT2D eigenvalue weighted by Gasteiger charge is 2.11. The number of anilines is 2. The van der Waals surface area contributed by atoms with E-state index >= 15 is 0 Å². The topological polar surface area (TPSA) is 97.3 Å². The minimum absolute atomic E-state index is 0.141. The number of hydrogen-bond donors (Lipinski definition) is 3. The predicted octanol–water partition coefficient (Wildman–Crippen LogP) is 5.25. The lowest BCUT2D eigenvalue weighted by Crippen LogP contribution is -2.23. The van der Waals surface area contributed by atoms with Crippen LogP contribution in [0.3, 0.4) is 0 Å². The maximum Gasteiger partial charge on any atom is 0.323 e. The smallest absolute Gasteiger partial charge is 0.323 e. The van der Waals surface area contributed by atoms with Crippen molar-refractivity contribution in [1.29, 1.82) is 0 Å². The van der Waals surface area contributed by atoms with Crippen LogP contribution >= 0.6 is 11.6 Å². The van der Waals surface area contributed by atoms with Gasteiger partial charge in [0.05, 0.1) is 41.6 Å². The van der Waals surface area contributed by atoms with E-state index in [1.165, 1.54) is 30.1 Å².